The lowest BCUT2D eigenvalue weighted by atomic mass is 10.3. The Bertz CT molecular complexity index is 876. The van der Waals surface area contributed by atoms with Crippen molar-refractivity contribution in [3.8, 4) is 5.75 Å². The van der Waals surface area contributed by atoms with Gasteiger partial charge in [-0.25, -0.2) is 4.98 Å². The van der Waals surface area contributed by atoms with Gasteiger partial charge in [0.25, 0.3) is 5.91 Å². The lowest BCUT2D eigenvalue weighted by Gasteiger charge is -2.29. The van der Waals surface area contributed by atoms with Crippen LogP contribution in [-0.4, -0.2) is 61.8 Å². The first-order valence-corrected chi connectivity index (χ1v) is 10.2. The Labute approximate surface area is 168 Å². The molecule has 0 unspecified atom stereocenters. The maximum absolute atomic E-state index is 13.0. The Balaban J connectivity index is 1.48. The van der Waals surface area contributed by atoms with E-state index in [-0.39, 0.29) is 12.5 Å². The minimum absolute atomic E-state index is 0.0109. The van der Waals surface area contributed by atoms with Gasteiger partial charge in [-0.3, -0.25) is 14.6 Å². The quantitative estimate of drug-likeness (QED) is 0.613. The predicted octanol–water partition coefficient (Wildman–Crippen LogP) is 3.04. The second kappa shape index (κ2) is 9.14. The van der Waals surface area contributed by atoms with Gasteiger partial charge >= 0.3 is 0 Å². The van der Waals surface area contributed by atoms with Gasteiger partial charge in [-0.05, 0) is 24.3 Å². The van der Waals surface area contributed by atoms with Crippen LogP contribution in [0.5, 0.6) is 5.75 Å². The standard InChI is InChI=1S/C21H23N3O3S/c25-20(16-27-17-6-2-1-3-7-17)24(11-10-23-12-14-26-15-13-23)21-22-18-8-4-5-9-19(18)28-21/h1-9H,10-16H2. The highest BCUT2D eigenvalue weighted by Gasteiger charge is 2.22. The van der Waals surface area contributed by atoms with E-state index in [9.17, 15) is 4.79 Å². The van der Waals surface area contributed by atoms with Crippen molar-refractivity contribution in [2.24, 2.45) is 0 Å². The molecule has 6 nitrogen and oxygen atoms in total. The molecular formula is C21H23N3O3S. The number of aromatic nitrogens is 1. The van der Waals surface area contributed by atoms with Crippen molar-refractivity contribution in [2.75, 3.05) is 50.9 Å². The molecule has 7 heteroatoms. The molecule has 0 radical (unpaired) electrons. The van der Waals surface area contributed by atoms with Crippen LogP contribution in [0.3, 0.4) is 0 Å². The summed E-state index contributed by atoms with van der Waals surface area (Å²) >= 11 is 1.54. The maximum atomic E-state index is 13.0. The van der Waals surface area contributed by atoms with Crippen LogP contribution >= 0.6 is 11.3 Å². The van der Waals surface area contributed by atoms with Crippen LogP contribution in [0, 0.1) is 0 Å². The number of benzene rings is 2. The number of thiazole rings is 1. The number of carbonyl (C=O) groups excluding carboxylic acids is 1. The van der Waals surface area contributed by atoms with E-state index in [4.69, 9.17) is 9.47 Å². The molecule has 1 aromatic heterocycles. The van der Waals surface area contributed by atoms with Gasteiger partial charge in [0.05, 0.1) is 23.4 Å². The normalized spacial score (nSPS) is 14.9. The molecule has 2 heterocycles. The summed E-state index contributed by atoms with van der Waals surface area (Å²) in [5.41, 5.74) is 0.913. The van der Waals surface area contributed by atoms with Gasteiger partial charge in [-0.2, -0.15) is 0 Å². The zero-order valence-corrected chi connectivity index (χ0v) is 16.4. The summed E-state index contributed by atoms with van der Waals surface area (Å²) in [4.78, 5) is 21.7. The zero-order valence-electron chi connectivity index (χ0n) is 15.6. The number of carbonyl (C=O) groups is 1. The second-order valence-electron chi connectivity index (χ2n) is 6.57. The fourth-order valence-corrected chi connectivity index (χ4v) is 4.12. The minimum Gasteiger partial charge on any atom is -0.484 e. The highest BCUT2D eigenvalue weighted by Crippen LogP contribution is 2.28. The molecule has 3 aromatic rings. The van der Waals surface area contributed by atoms with Gasteiger partial charge in [-0.1, -0.05) is 41.7 Å². The topological polar surface area (TPSA) is 54.9 Å². The van der Waals surface area contributed by atoms with E-state index in [1.807, 2.05) is 54.6 Å². The van der Waals surface area contributed by atoms with E-state index in [0.717, 1.165) is 48.2 Å². The van der Waals surface area contributed by atoms with Crippen molar-refractivity contribution in [2.45, 2.75) is 0 Å². The average Bonchev–Trinajstić information content (AvgIpc) is 3.18. The van der Waals surface area contributed by atoms with E-state index < -0.39 is 0 Å². The molecule has 28 heavy (non-hydrogen) atoms. The second-order valence-corrected chi connectivity index (χ2v) is 7.57. The van der Waals surface area contributed by atoms with Crippen LogP contribution in [0.1, 0.15) is 0 Å². The van der Waals surface area contributed by atoms with Crippen molar-refractivity contribution < 1.29 is 14.3 Å². The Hall–Kier alpha value is -2.48. The third-order valence-corrected chi connectivity index (χ3v) is 5.72. The van der Waals surface area contributed by atoms with Crippen molar-refractivity contribution in [3.05, 3.63) is 54.6 Å². The van der Waals surface area contributed by atoms with Gasteiger partial charge in [-0.15, -0.1) is 0 Å². The number of para-hydroxylation sites is 2. The molecule has 146 valence electrons. The van der Waals surface area contributed by atoms with Crippen molar-refractivity contribution in [3.63, 3.8) is 0 Å². The lowest BCUT2D eigenvalue weighted by molar-refractivity contribution is -0.120. The fourth-order valence-electron chi connectivity index (χ4n) is 3.11. The highest BCUT2D eigenvalue weighted by molar-refractivity contribution is 7.22. The number of nitrogens with zero attached hydrogens (tertiary/aromatic N) is 3. The molecule has 4 rings (SSSR count). The van der Waals surface area contributed by atoms with E-state index >= 15 is 0 Å². The molecule has 2 aromatic carbocycles. The van der Waals surface area contributed by atoms with Crippen LogP contribution in [0.25, 0.3) is 10.2 Å². The highest BCUT2D eigenvalue weighted by atomic mass is 32.1. The largest absolute Gasteiger partial charge is 0.484 e. The summed E-state index contributed by atoms with van der Waals surface area (Å²) in [5, 5.41) is 0.719. The monoisotopic (exact) mass is 397 g/mol. The number of morpholine rings is 1. The molecule has 1 fully saturated rings. The number of rotatable bonds is 7. The SMILES string of the molecule is O=C(COc1ccccc1)N(CCN1CCOCC1)c1nc2ccccc2s1. The van der Waals surface area contributed by atoms with Crippen molar-refractivity contribution >= 4 is 32.6 Å². The number of amides is 1. The maximum Gasteiger partial charge on any atom is 0.266 e. The van der Waals surface area contributed by atoms with Gasteiger partial charge in [0, 0.05) is 26.2 Å². The summed E-state index contributed by atoms with van der Waals surface area (Å²) in [7, 11) is 0. The van der Waals surface area contributed by atoms with E-state index in [1.54, 1.807) is 4.90 Å². The first-order valence-electron chi connectivity index (χ1n) is 9.43. The third kappa shape index (κ3) is 4.67. The van der Waals surface area contributed by atoms with E-state index in [1.165, 1.54) is 11.3 Å². The number of hydrogen-bond donors (Lipinski definition) is 0. The molecule has 0 saturated carbocycles. The third-order valence-electron chi connectivity index (χ3n) is 4.66. The molecule has 1 amide bonds. The number of anilines is 1. The van der Waals surface area contributed by atoms with E-state index in [0.29, 0.717) is 12.3 Å². The lowest BCUT2D eigenvalue weighted by Crippen LogP contribution is -2.44. The van der Waals surface area contributed by atoms with Crippen LogP contribution in [0.4, 0.5) is 5.13 Å². The molecule has 1 saturated heterocycles. The zero-order chi connectivity index (χ0) is 19.2. The molecule has 1 aliphatic heterocycles. The molecule has 0 bridgehead atoms. The summed E-state index contributed by atoms with van der Waals surface area (Å²) in [6.07, 6.45) is 0. The first kappa shape index (κ1) is 18.9. The van der Waals surface area contributed by atoms with E-state index in [2.05, 4.69) is 9.88 Å². The number of hydrogen-bond acceptors (Lipinski definition) is 6. The molecule has 0 atom stereocenters. The average molecular weight is 398 g/mol. The first-order chi connectivity index (χ1) is 13.8. The van der Waals surface area contributed by atoms with Crippen LogP contribution < -0.4 is 9.64 Å². The Morgan fingerprint density at radius 2 is 1.86 bits per heavy atom. The molecular weight excluding hydrogens is 374 g/mol. The Morgan fingerprint density at radius 3 is 2.64 bits per heavy atom. The smallest absolute Gasteiger partial charge is 0.266 e. The fraction of sp³-hybridized carbons (Fsp3) is 0.333. The predicted molar refractivity (Wildman–Crippen MR) is 111 cm³/mol. The molecule has 1 aliphatic rings. The molecule has 0 aliphatic carbocycles. The summed E-state index contributed by atoms with van der Waals surface area (Å²) in [5.74, 6) is 0.601. The van der Waals surface area contributed by atoms with Crippen molar-refractivity contribution in [1.82, 2.24) is 9.88 Å². The summed E-state index contributed by atoms with van der Waals surface area (Å²) in [6, 6.07) is 17.4. The van der Waals surface area contributed by atoms with Crippen LogP contribution in [0.2, 0.25) is 0 Å². The van der Waals surface area contributed by atoms with Gasteiger partial charge in [0.2, 0.25) is 0 Å². The van der Waals surface area contributed by atoms with Crippen LogP contribution in [-0.2, 0) is 9.53 Å². The number of ether oxygens (including phenoxy) is 2. The van der Waals surface area contributed by atoms with Gasteiger partial charge < -0.3 is 9.47 Å². The van der Waals surface area contributed by atoms with Crippen molar-refractivity contribution in [1.29, 1.82) is 0 Å². The molecule has 0 N–H and O–H groups in total. The Kier molecular flexibility index (Phi) is 6.16. The number of fused-ring (bicyclic) bond motifs is 1. The molecule has 0 spiro atoms. The Morgan fingerprint density at radius 1 is 1.11 bits per heavy atom. The summed E-state index contributed by atoms with van der Waals surface area (Å²) in [6.45, 7) is 4.62. The van der Waals surface area contributed by atoms with Gasteiger partial charge in [0.15, 0.2) is 11.7 Å². The van der Waals surface area contributed by atoms with Crippen LogP contribution in [0.15, 0.2) is 54.6 Å². The minimum atomic E-state index is -0.0869. The van der Waals surface area contributed by atoms with Gasteiger partial charge in [0.1, 0.15) is 5.75 Å². The summed E-state index contributed by atoms with van der Waals surface area (Å²) < 4.78 is 12.2.